The Morgan fingerprint density at radius 2 is 1.21 bits per heavy atom. The quantitative estimate of drug-likeness (QED) is 0.614. The summed E-state index contributed by atoms with van der Waals surface area (Å²) in [4.78, 5) is 22.2. The van der Waals surface area contributed by atoms with Crippen molar-refractivity contribution in [3.63, 3.8) is 0 Å². The molecule has 0 aliphatic heterocycles. The summed E-state index contributed by atoms with van der Waals surface area (Å²) in [7, 11) is 0. The molecule has 0 radical (unpaired) electrons. The minimum Gasteiger partial charge on any atom is -0.366 e. The third-order valence-corrected chi connectivity index (χ3v) is 5.02. The number of benzene rings is 2. The maximum atomic E-state index is 11.1. The highest BCUT2D eigenvalue weighted by Crippen LogP contribution is 1.98. The largest absolute Gasteiger partial charge is 0.366 e. The molecule has 2 aromatic rings. The van der Waals surface area contributed by atoms with E-state index in [4.69, 9.17) is 11.5 Å². The standard InChI is InChI=1S/C14H11IN2O2/c16-13(18)9-3-1-5-11(7-9)15-12-6-2-4-10(8-12)14(17)19/h1-8H,(H3-,16,17,18,19)/p+1. The molecule has 0 heterocycles. The van der Waals surface area contributed by atoms with E-state index in [-0.39, 0.29) is 0 Å². The maximum absolute atomic E-state index is 11.1. The minimum atomic E-state index is -0.472. The van der Waals surface area contributed by atoms with Crippen molar-refractivity contribution in [2.45, 2.75) is 0 Å². The van der Waals surface area contributed by atoms with Crippen LogP contribution in [0.15, 0.2) is 48.5 Å². The van der Waals surface area contributed by atoms with Crippen LogP contribution in [0.2, 0.25) is 0 Å². The summed E-state index contributed by atoms with van der Waals surface area (Å²) in [6, 6.07) is 14.5. The summed E-state index contributed by atoms with van der Waals surface area (Å²) in [5.74, 6) is -0.867. The second-order valence-corrected chi connectivity index (χ2v) is 6.87. The Balaban J connectivity index is 2.26. The molecule has 0 aliphatic carbocycles. The molecule has 2 amide bonds. The van der Waals surface area contributed by atoms with E-state index in [9.17, 15) is 9.59 Å². The van der Waals surface area contributed by atoms with Gasteiger partial charge in [-0.25, -0.2) is 0 Å². The molecule has 0 atom stereocenters. The van der Waals surface area contributed by atoms with E-state index in [2.05, 4.69) is 0 Å². The molecule has 2 aromatic carbocycles. The first-order valence-electron chi connectivity index (χ1n) is 5.51. The summed E-state index contributed by atoms with van der Waals surface area (Å²) >= 11 is -0.472. The van der Waals surface area contributed by atoms with Crippen molar-refractivity contribution in [2.75, 3.05) is 0 Å². The molecule has 96 valence electrons. The topological polar surface area (TPSA) is 86.2 Å². The number of rotatable bonds is 4. The number of hydrogen-bond donors (Lipinski definition) is 2. The average molecular weight is 367 g/mol. The Morgan fingerprint density at radius 1 is 0.789 bits per heavy atom. The lowest BCUT2D eigenvalue weighted by Gasteiger charge is -1.94. The lowest BCUT2D eigenvalue weighted by molar-refractivity contribution is -0.597. The number of nitrogens with two attached hydrogens (primary N) is 2. The predicted molar refractivity (Wildman–Crippen MR) is 67.3 cm³/mol. The molecule has 2 rings (SSSR count). The van der Waals surface area contributed by atoms with Gasteiger partial charge in [0.05, 0.1) is 0 Å². The van der Waals surface area contributed by atoms with E-state index in [1.165, 1.54) is 0 Å². The van der Waals surface area contributed by atoms with Gasteiger partial charge in [0, 0.05) is 23.3 Å². The van der Waals surface area contributed by atoms with Crippen LogP contribution in [0, 0.1) is 7.14 Å². The minimum absolute atomic E-state index is 0.434. The summed E-state index contributed by atoms with van der Waals surface area (Å²) in [6.45, 7) is 0. The first-order valence-corrected chi connectivity index (χ1v) is 7.66. The molecular formula is C14H12IN2O2+. The molecule has 0 aliphatic rings. The van der Waals surface area contributed by atoms with Crippen LogP contribution < -0.4 is 32.7 Å². The highest BCUT2D eigenvalue weighted by atomic mass is 127. The molecule has 0 saturated carbocycles. The number of carbonyl (C=O) groups is 2. The third-order valence-electron chi connectivity index (χ3n) is 2.44. The van der Waals surface area contributed by atoms with Crippen molar-refractivity contribution in [1.29, 1.82) is 0 Å². The van der Waals surface area contributed by atoms with Gasteiger partial charge in [0.2, 0.25) is 11.8 Å². The Kier molecular flexibility index (Phi) is 4.16. The first-order chi connectivity index (χ1) is 9.06. The van der Waals surface area contributed by atoms with Crippen molar-refractivity contribution in [2.24, 2.45) is 11.5 Å². The molecule has 4 N–H and O–H groups in total. The van der Waals surface area contributed by atoms with Crippen LogP contribution in [0.1, 0.15) is 20.7 Å². The van der Waals surface area contributed by atoms with Crippen LogP contribution in [0.4, 0.5) is 0 Å². The van der Waals surface area contributed by atoms with E-state index < -0.39 is 33.0 Å². The molecule has 0 bridgehead atoms. The van der Waals surface area contributed by atoms with Crippen molar-refractivity contribution in [1.82, 2.24) is 0 Å². The average Bonchev–Trinajstić information content (AvgIpc) is 2.39. The zero-order valence-corrected chi connectivity index (χ0v) is 12.1. The van der Waals surface area contributed by atoms with Gasteiger partial charge in [-0.15, -0.1) is 0 Å². The predicted octanol–water partition coefficient (Wildman–Crippen LogP) is -1.99. The van der Waals surface area contributed by atoms with E-state index in [0.29, 0.717) is 11.1 Å². The maximum Gasteiger partial charge on any atom is 0.357 e. The van der Waals surface area contributed by atoms with Crippen LogP contribution in [0.25, 0.3) is 0 Å². The van der Waals surface area contributed by atoms with Crippen LogP contribution in [-0.2, 0) is 0 Å². The number of carbonyl (C=O) groups excluding carboxylic acids is 2. The molecular weight excluding hydrogens is 355 g/mol. The van der Waals surface area contributed by atoms with Gasteiger partial charge in [-0.1, -0.05) is 12.1 Å². The molecule has 19 heavy (non-hydrogen) atoms. The van der Waals surface area contributed by atoms with Gasteiger partial charge in [-0.2, -0.15) is 0 Å². The number of hydrogen-bond acceptors (Lipinski definition) is 2. The number of primary amides is 2. The van der Waals surface area contributed by atoms with Crippen LogP contribution in [-0.4, -0.2) is 11.8 Å². The normalized spacial score (nSPS) is 10.1. The zero-order chi connectivity index (χ0) is 13.8. The molecule has 0 fully saturated rings. The van der Waals surface area contributed by atoms with Gasteiger partial charge in [-0.05, 0) is 24.3 Å². The van der Waals surface area contributed by atoms with E-state index in [0.717, 1.165) is 7.14 Å². The highest BCUT2D eigenvalue weighted by molar-refractivity contribution is 5.93. The summed E-state index contributed by atoms with van der Waals surface area (Å²) < 4.78 is 2.13. The fourth-order valence-corrected chi connectivity index (χ4v) is 4.00. The molecule has 5 heteroatoms. The lowest BCUT2D eigenvalue weighted by Crippen LogP contribution is -3.61. The monoisotopic (exact) mass is 367 g/mol. The molecule has 0 spiro atoms. The van der Waals surface area contributed by atoms with Crippen molar-refractivity contribution in [3.05, 3.63) is 66.8 Å². The summed E-state index contributed by atoms with van der Waals surface area (Å²) in [5, 5.41) is 0. The van der Waals surface area contributed by atoms with Crippen LogP contribution in [0.5, 0.6) is 0 Å². The molecule has 4 nitrogen and oxygen atoms in total. The number of amides is 2. The molecule has 0 saturated heterocycles. The Labute approximate surface area is 121 Å². The molecule has 0 aromatic heterocycles. The highest BCUT2D eigenvalue weighted by Gasteiger charge is 2.18. The van der Waals surface area contributed by atoms with Crippen molar-refractivity contribution < 1.29 is 30.8 Å². The Hall–Kier alpha value is -1.89. The summed E-state index contributed by atoms with van der Waals surface area (Å²) in [6.07, 6.45) is 0. The van der Waals surface area contributed by atoms with Gasteiger partial charge in [0.15, 0.2) is 7.14 Å². The third kappa shape index (κ3) is 3.54. The van der Waals surface area contributed by atoms with Gasteiger partial charge in [-0.3, -0.25) is 9.59 Å². The Morgan fingerprint density at radius 3 is 1.58 bits per heavy atom. The van der Waals surface area contributed by atoms with Gasteiger partial charge >= 0.3 is 21.2 Å². The fourth-order valence-electron chi connectivity index (χ4n) is 1.53. The van der Waals surface area contributed by atoms with E-state index in [1.54, 1.807) is 24.3 Å². The van der Waals surface area contributed by atoms with Crippen LogP contribution >= 0.6 is 0 Å². The molecule has 0 unspecified atom stereocenters. The van der Waals surface area contributed by atoms with E-state index in [1.807, 2.05) is 24.3 Å². The zero-order valence-electron chi connectivity index (χ0n) is 9.97. The van der Waals surface area contributed by atoms with Crippen LogP contribution in [0.3, 0.4) is 0 Å². The van der Waals surface area contributed by atoms with Crippen molar-refractivity contribution in [3.8, 4) is 0 Å². The smallest absolute Gasteiger partial charge is 0.357 e. The lowest BCUT2D eigenvalue weighted by atomic mass is 10.2. The first kappa shape index (κ1) is 13.5. The SMILES string of the molecule is NC(=O)c1cccc([I+]c2cccc(C(N)=O)c2)c1. The number of halogens is 1. The second-order valence-electron chi connectivity index (χ2n) is 3.84. The van der Waals surface area contributed by atoms with Gasteiger partial charge in [0.25, 0.3) is 0 Å². The summed E-state index contributed by atoms with van der Waals surface area (Å²) in [5.41, 5.74) is 11.5. The second kappa shape index (κ2) is 5.83. The van der Waals surface area contributed by atoms with Gasteiger partial charge < -0.3 is 11.5 Å². The Bertz CT molecular complexity index is 585. The van der Waals surface area contributed by atoms with E-state index >= 15 is 0 Å². The van der Waals surface area contributed by atoms with Gasteiger partial charge in [0.1, 0.15) is 0 Å². The van der Waals surface area contributed by atoms with Crippen molar-refractivity contribution >= 4 is 11.8 Å². The fraction of sp³-hybridized carbons (Fsp3) is 0.